The third-order valence-electron chi connectivity index (χ3n) is 4.07. The van der Waals surface area contributed by atoms with Gasteiger partial charge in [-0.25, -0.2) is 0 Å². The van der Waals surface area contributed by atoms with Crippen LogP contribution in [0.3, 0.4) is 0 Å². The van der Waals surface area contributed by atoms with Crippen LogP contribution in [-0.4, -0.2) is 33.0 Å². The van der Waals surface area contributed by atoms with Gasteiger partial charge >= 0.3 is 0 Å². The van der Waals surface area contributed by atoms with E-state index < -0.39 is 0 Å². The van der Waals surface area contributed by atoms with Gasteiger partial charge in [0.25, 0.3) is 0 Å². The molecule has 3 aromatic rings. The minimum atomic E-state index is -0.269. The van der Waals surface area contributed by atoms with Crippen LogP contribution in [0, 0.1) is 0 Å². The monoisotopic (exact) mass is 496 g/mol. The molecule has 0 bridgehead atoms. The van der Waals surface area contributed by atoms with E-state index in [1.807, 2.05) is 35.8 Å². The summed E-state index contributed by atoms with van der Waals surface area (Å²) in [5, 5.41) is 12.8. The average molecular weight is 498 g/mol. The zero-order valence-corrected chi connectivity index (χ0v) is 19.7. The highest BCUT2D eigenvalue weighted by molar-refractivity contribution is 7.99. The van der Waals surface area contributed by atoms with Crippen LogP contribution in [0.15, 0.2) is 54.2 Å². The maximum absolute atomic E-state index is 12.5. The van der Waals surface area contributed by atoms with Gasteiger partial charge in [-0.15, -0.1) is 16.8 Å². The average Bonchev–Trinajstić information content (AvgIpc) is 3.14. The van der Waals surface area contributed by atoms with Crippen LogP contribution in [0.25, 0.3) is 11.4 Å². The quantitative estimate of drug-likeness (QED) is 0.216. The van der Waals surface area contributed by atoms with Crippen molar-refractivity contribution < 1.29 is 9.53 Å². The number of benzene rings is 2. The topological polar surface area (TPSA) is 69.0 Å². The van der Waals surface area contributed by atoms with Crippen LogP contribution < -0.4 is 10.1 Å². The SMILES string of the molecule is C=CCn1c(SCC(=O)Nc2cc(Cl)c(Cl)cc2Cl)nnc1-c1ccccc1OCC. The van der Waals surface area contributed by atoms with Crippen LogP contribution in [0.1, 0.15) is 6.92 Å². The lowest BCUT2D eigenvalue weighted by Crippen LogP contribution is -2.15. The second kappa shape index (κ2) is 10.9. The molecule has 1 heterocycles. The number of ether oxygens (including phenoxy) is 1. The van der Waals surface area contributed by atoms with Crippen LogP contribution in [0.2, 0.25) is 15.1 Å². The summed E-state index contributed by atoms with van der Waals surface area (Å²) in [6.45, 7) is 6.75. The highest BCUT2D eigenvalue weighted by atomic mass is 35.5. The number of carbonyl (C=O) groups is 1. The number of rotatable bonds is 9. The van der Waals surface area contributed by atoms with Crippen LogP contribution in [0.4, 0.5) is 5.69 Å². The van der Waals surface area contributed by atoms with Crippen LogP contribution in [-0.2, 0) is 11.3 Å². The molecule has 0 spiro atoms. The Hall–Kier alpha value is -2.19. The Kier molecular flexibility index (Phi) is 8.26. The van der Waals surface area contributed by atoms with Crippen molar-refractivity contribution in [3.8, 4) is 17.1 Å². The first-order chi connectivity index (χ1) is 14.9. The van der Waals surface area contributed by atoms with Gasteiger partial charge in [0, 0.05) is 6.54 Å². The van der Waals surface area contributed by atoms with Gasteiger partial charge in [-0.1, -0.05) is 64.8 Å². The molecule has 0 unspecified atom stereocenters. The predicted octanol–water partition coefficient (Wildman–Crippen LogP) is 6.22. The summed E-state index contributed by atoms with van der Waals surface area (Å²) >= 11 is 19.3. The number of amides is 1. The van der Waals surface area contributed by atoms with Crippen molar-refractivity contribution in [3.63, 3.8) is 0 Å². The molecule has 0 saturated carbocycles. The van der Waals surface area contributed by atoms with Gasteiger partial charge in [-0.05, 0) is 31.2 Å². The number of nitrogens with one attached hydrogen (secondary N) is 1. The largest absolute Gasteiger partial charge is 0.493 e. The number of allylic oxidation sites excluding steroid dienone is 1. The molecule has 0 saturated heterocycles. The second-order valence-electron chi connectivity index (χ2n) is 6.22. The second-order valence-corrected chi connectivity index (χ2v) is 8.38. The van der Waals surface area contributed by atoms with Crippen molar-refractivity contribution in [2.45, 2.75) is 18.6 Å². The Morgan fingerprint density at radius 2 is 1.94 bits per heavy atom. The Labute approximate surface area is 199 Å². The minimum Gasteiger partial charge on any atom is -0.493 e. The van der Waals surface area contributed by atoms with E-state index in [2.05, 4.69) is 22.1 Å². The first-order valence-electron chi connectivity index (χ1n) is 9.28. The summed E-state index contributed by atoms with van der Waals surface area (Å²) in [6.07, 6.45) is 1.75. The molecule has 162 valence electrons. The van der Waals surface area contributed by atoms with Crippen molar-refractivity contribution in [1.82, 2.24) is 14.8 Å². The summed E-state index contributed by atoms with van der Waals surface area (Å²) in [7, 11) is 0. The van der Waals surface area contributed by atoms with Crippen molar-refractivity contribution in [3.05, 3.63) is 64.1 Å². The Morgan fingerprint density at radius 3 is 2.68 bits per heavy atom. The van der Waals surface area contributed by atoms with E-state index in [9.17, 15) is 4.79 Å². The number of nitrogens with zero attached hydrogens (tertiary/aromatic N) is 3. The highest BCUT2D eigenvalue weighted by Gasteiger charge is 2.18. The van der Waals surface area contributed by atoms with Gasteiger partial charge in [0.2, 0.25) is 5.91 Å². The number of para-hydroxylation sites is 1. The Bertz CT molecular complexity index is 1100. The Balaban J connectivity index is 1.78. The molecule has 2 aromatic carbocycles. The first-order valence-corrected chi connectivity index (χ1v) is 11.4. The molecule has 0 fully saturated rings. The summed E-state index contributed by atoms with van der Waals surface area (Å²) in [5.74, 6) is 1.18. The van der Waals surface area contributed by atoms with Crippen molar-refractivity contribution in [1.29, 1.82) is 0 Å². The number of halogens is 3. The summed E-state index contributed by atoms with van der Waals surface area (Å²) < 4.78 is 7.60. The molecule has 10 heteroatoms. The standard InChI is InChI=1S/C21H19Cl3N4O2S/c1-3-9-28-20(13-7-5-6-8-18(13)30-4-2)26-27-21(28)31-12-19(29)25-17-11-15(23)14(22)10-16(17)24/h3,5-8,10-11H,1,4,9,12H2,2H3,(H,25,29). The molecule has 0 atom stereocenters. The maximum atomic E-state index is 12.5. The van der Waals surface area contributed by atoms with Gasteiger partial charge in [-0.3, -0.25) is 9.36 Å². The van der Waals surface area contributed by atoms with E-state index in [-0.39, 0.29) is 11.7 Å². The Morgan fingerprint density at radius 1 is 1.19 bits per heavy atom. The maximum Gasteiger partial charge on any atom is 0.234 e. The van der Waals surface area contributed by atoms with E-state index in [0.717, 1.165) is 5.56 Å². The number of hydrogen-bond acceptors (Lipinski definition) is 5. The zero-order valence-electron chi connectivity index (χ0n) is 16.6. The van der Waals surface area contributed by atoms with Crippen molar-refractivity contribution in [2.75, 3.05) is 17.7 Å². The van der Waals surface area contributed by atoms with Gasteiger partial charge < -0.3 is 10.1 Å². The molecule has 1 aromatic heterocycles. The molecule has 0 aliphatic rings. The molecule has 0 aliphatic heterocycles. The summed E-state index contributed by atoms with van der Waals surface area (Å²) in [4.78, 5) is 12.5. The number of anilines is 1. The van der Waals surface area contributed by atoms with Crippen molar-refractivity contribution in [2.24, 2.45) is 0 Å². The number of hydrogen-bond donors (Lipinski definition) is 1. The van der Waals surface area contributed by atoms with Crippen molar-refractivity contribution >= 4 is 58.2 Å². The lowest BCUT2D eigenvalue weighted by molar-refractivity contribution is -0.113. The molecule has 1 N–H and O–H groups in total. The minimum absolute atomic E-state index is 0.0962. The van der Waals surface area contributed by atoms with E-state index in [4.69, 9.17) is 39.5 Å². The first kappa shape index (κ1) is 23.5. The molecule has 0 radical (unpaired) electrons. The molecule has 0 aliphatic carbocycles. The van der Waals surface area contributed by atoms with Crippen LogP contribution in [0.5, 0.6) is 5.75 Å². The van der Waals surface area contributed by atoms with E-state index in [1.165, 1.54) is 23.9 Å². The van der Waals surface area contributed by atoms with E-state index in [0.29, 0.717) is 50.6 Å². The van der Waals surface area contributed by atoms with Gasteiger partial charge in [0.05, 0.1) is 38.7 Å². The molecule has 1 amide bonds. The van der Waals surface area contributed by atoms with E-state index >= 15 is 0 Å². The molecule has 31 heavy (non-hydrogen) atoms. The highest BCUT2D eigenvalue weighted by Crippen LogP contribution is 2.33. The van der Waals surface area contributed by atoms with Gasteiger partial charge in [0.1, 0.15) is 5.75 Å². The fourth-order valence-electron chi connectivity index (χ4n) is 2.76. The number of thioether (sulfide) groups is 1. The number of aromatic nitrogens is 3. The van der Waals surface area contributed by atoms with Gasteiger partial charge in [-0.2, -0.15) is 0 Å². The summed E-state index contributed by atoms with van der Waals surface area (Å²) in [6, 6.07) is 10.6. The molecule has 6 nitrogen and oxygen atoms in total. The zero-order chi connectivity index (χ0) is 22.4. The molecular weight excluding hydrogens is 479 g/mol. The smallest absolute Gasteiger partial charge is 0.234 e. The fourth-order valence-corrected chi connectivity index (χ4v) is 4.10. The third kappa shape index (κ3) is 5.74. The molecule has 3 rings (SSSR count). The summed E-state index contributed by atoms with van der Waals surface area (Å²) in [5.41, 5.74) is 1.21. The normalized spacial score (nSPS) is 10.7. The fraction of sp³-hybridized carbons (Fsp3) is 0.190. The predicted molar refractivity (Wildman–Crippen MR) is 128 cm³/mol. The lowest BCUT2D eigenvalue weighted by Gasteiger charge is -2.12. The van der Waals surface area contributed by atoms with Crippen LogP contribution >= 0.6 is 46.6 Å². The molecular formula is C21H19Cl3N4O2S. The van der Waals surface area contributed by atoms with Gasteiger partial charge in [0.15, 0.2) is 11.0 Å². The number of carbonyl (C=O) groups excluding carboxylic acids is 1. The van der Waals surface area contributed by atoms with E-state index in [1.54, 1.807) is 6.08 Å². The lowest BCUT2D eigenvalue weighted by atomic mass is 10.2. The third-order valence-corrected chi connectivity index (χ3v) is 6.07.